The van der Waals surface area contributed by atoms with Crippen molar-refractivity contribution < 1.29 is 8.78 Å². The summed E-state index contributed by atoms with van der Waals surface area (Å²) < 4.78 is 29.5. The normalized spacial score (nSPS) is 12.2. The first-order valence-electron chi connectivity index (χ1n) is 12.0. The topological polar surface area (TPSA) is 79.6 Å². The maximum Gasteiger partial charge on any atom is 0.178 e. The van der Waals surface area contributed by atoms with Crippen LogP contribution in [-0.2, 0) is 6.42 Å². The fourth-order valence-electron chi connectivity index (χ4n) is 4.11. The molecule has 4 aromatic rings. The number of halogens is 2. The summed E-state index contributed by atoms with van der Waals surface area (Å²) in [5.74, 6) is 0.0886. The van der Waals surface area contributed by atoms with Crippen LogP contribution in [0, 0.1) is 10.9 Å². The lowest BCUT2D eigenvalue weighted by Crippen LogP contribution is -2.10. The van der Waals surface area contributed by atoms with Crippen LogP contribution in [0.5, 0.6) is 0 Å². The first-order valence-corrected chi connectivity index (χ1v) is 12.8. The number of aromatic nitrogens is 3. The highest BCUT2D eigenvalue weighted by Crippen LogP contribution is 2.33. The summed E-state index contributed by atoms with van der Waals surface area (Å²) in [6.45, 7) is 11.8. The van der Waals surface area contributed by atoms with Crippen molar-refractivity contribution in [2.24, 2.45) is 0 Å². The van der Waals surface area contributed by atoms with Gasteiger partial charge in [0.15, 0.2) is 10.8 Å². The molecule has 5 nitrogen and oxygen atoms in total. The lowest BCUT2D eigenvalue weighted by Gasteiger charge is -2.14. The van der Waals surface area contributed by atoms with E-state index in [9.17, 15) is 4.39 Å². The van der Waals surface area contributed by atoms with Crippen LogP contribution >= 0.6 is 11.3 Å². The minimum atomic E-state index is -0.422. The molecule has 0 amide bonds. The summed E-state index contributed by atoms with van der Waals surface area (Å²) in [5.41, 5.74) is 11.5. The number of thiophene rings is 1. The predicted molar refractivity (Wildman–Crippen MR) is 150 cm³/mol. The van der Waals surface area contributed by atoms with Crippen LogP contribution in [0.1, 0.15) is 43.6 Å². The molecule has 0 saturated carbocycles. The van der Waals surface area contributed by atoms with Gasteiger partial charge in [0.1, 0.15) is 11.6 Å². The van der Waals surface area contributed by atoms with Crippen LogP contribution < -0.4 is 11.1 Å². The Hall–Kier alpha value is -4.04. The number of fused-ring (bicyclic) bond motifs is 1. The van der Waals surface area contributed by atoms with Crippen LogP contribution in [0.4, 0.5) is 14.5 Å². The average molecular weight is 518 g/mol. The number of anilines is 1. The number of allylic oxidation sites excluding steroid dienone is 5. The van der Waals surface area contributed by atoms with Gasteiger partial charge in [0, 0.05) is 51.3 Å². The molecule has 4 N–H and O–H groups in total. The van der Waals surface area contributed by atoms with Crippen LogP contribution in [0.25, 0.3) is 27.2 Å². The van der Waals surface area contributed by atoms with Gasteiger partial charge in [-0.05, 0) is 61.4 Å². The summed E-state index contributed by atoms with van der Waals surface area (Å²) in [7, 11) is 0. The molecule has 0 saturated heterocycles. The molecule has 0 fully saturated rings. The van der Waals surface area contributed by atoms with E-state index in [1.54, 1.807) is 36.5 Å². The number of pyridine rings is 1. The first kappa shape index (κ1) is 26.0. The number of nitrogens with two attached hydrogens (primary N) is 1. The molecule has 0 aliphatic carbocycles. The molecule has 190 valence electrons. The smallest absolute Gasteiger partial charge is 0.178 e. The zero-order chi connectivity index (χ0) is 26.5. The van der Waals surface area contributed by atoms with Gasteiger partial charge in [-0.15, -0.1) is 11.3 Å². The van der Waals surface area contributed by atoms with Crippen molar-refractivity contribution in [1.82, 2.24) is 20.3 Å². The van der Waals surface area contributed by atoms with E-state index in [0.29, 0.717) is 39.4 Å². The molecule has 0 atom stereocenters. The molecular formula is C29H29F2N5S. The number of imidazole rings is 1. The van der Waals surface area contributed by atoms with Gasteiger partial charge < -0.3 is 16.0 Å². The fraction of sp³-hybridized carbons (Fsp3) is 0.172. The fourth-order valence-corrected chi connectivity index (χ4v) is 4.87. The Balaban J connectivity index is 1.68. The van der Waals surface area contributed by atoms with Crippen LogP contribution in [0.15, 0.2) is 79.3 Å². The number of nitrogens with zero attached hydrogens (tertiary/aromatic N) is 2. The number of hydrogen-bond donors (Lipinski definition) is 3. The molecule has 3 aromatic heterocycles. The van der Waals surface area contributed by atoms with E-state index >= 15 is 4.39 Å². The zero-order valence-electron chi connectivity index (χ0n) is 20.9. The van der Waals surface area contributed by atoms with Gasteiger partial charge in [0.05, 0.1) is 5.52 Å². The van der Waals surface area contributed by atoms with Gasteiger partial charge in [0.2, 0.25) is 0 Å². The van der Waals surface area contributed by atoms with E-state index in [1.807, 2.05) is 19.1 Å². The van der Waals surface area contributed by atoms with Crippen molar-refractivity contribution in [3.8, 4) is 10.4 Å². The van der Waals surface area contributed by atoms with Crippen LogP contribution in [0.2, 0.25) is 0 Å². The second-order valence-corrected chi connectivity index (χ2v) is 9.58. The molecule has 1 aromatic carbocycles. The third-order valence-electron chi connectivity index (χ3n) is 5.93. The number of rotatable bonds is 10. The van der Waals surface area contributed by atoms with Crippen molar-refractivity contribution in [1.29, 1.82) is 0 Å². The SMILES string of the molecule is C=C/C(=C\C(=C/C)c1ccc(N)c(Cc2nc3nccc(-c4ccc(F)s4)c3[nH]2)c1F)NC(=C)CCC. The Morgan fingerprint density at radius 2 is 2.03 bits per heavy atom. The van der Waals surface area contributed by atoms with E-state index in [4.69, 9.17) is 5.73 Å². The van der Waals surface area contributed by atoms with Crippen molar-refractivity contribution in [2.45, 2.75) is 33.1 Å². The highest BCUT2D eigenvalue weighted by atomic mass is 32.1. The number of H-pyrrole nitrogens is 1. The van der Waals surface area contributed by atoms with Gasteiger partial charge in [-0.3, -0.25) is 0 Å². The monoisotopic (exact) mass is 517 g/mol. The van der Waals surface area contributed by atoms with Crippen molar-refractivity contribution in [2.75, 3.05) is 5.73 Å². The molecule has 0 spiro atoms. The van der Waals surface area contributed by atoms with E-state index in [0.717, 1.165) is 46.0 Å². The Bertz CT molecular complexity index is 1530. The van der Waals surface area contributed by atoms with Crippen molar-refractivity contribution >= 4 is 33.8 Å². The van der Waals surface area contributed by atoms with Crippen molar-refractivity contribution in [3.05, 3.63) is 107 Å². The van der Waals surface area contributed by atoms with Gasteiger partial charge in [-0.2, -0.15) is 4.39 Å². The summed E-state index contributed by atoms with van der Waals surface area (Å²) in [4.78, 5) is 12.9. The zero-order valence-corrected chi connectivity index (χ0v) is 21.7. The lowest BCUT2D eigenvalue weighted by atomic mass is 9.98. The molecule has 3 heterocycles. The summed E-state index contributed by atoms with van der Waals surface area (Å²) in [5, 5.41) is 2.97. The molecule has 8 heteroatoms. The maximum absolute atomic E-state index is 15.9. The van der Waals surface area contributed by atoms with E-state index in [-0.39, 0.29) is 11.6 Å². The highest BCUT2D eigenvalue weighted by molar-refractivity contribution is 7.14. The average Bonchev–Trinajstić information content (AvgIpc) is 3.50. The van der Waals surface area contributed by atoms with Crippen LogP contribution in [-0.4, -0.2) is 15.0 Å². The van der Waals surface area contributed by atoms with E-state index < -0.39 is 5.82 Å². The van der Waals surface area contributed by atoms with Gasteiger partial charge in [-0.1, -0.05) is 32.6 Å². The number of nitrogen functional groups attached to an aromatic ring is 1. The molecule has 0 bridgehead atoms. The Morgan fingerprint density at radius 1 is 1.22 bits per heavy atom. The number of nitrogens with one attached hydrogen (secondary N) is 2. The van der Waals surface area contributed by atoms with Crippen LogP contribution in [0.3, 0.4) is 0 Å². The summed E-state index contributed by atoms with van der Waals surface area (Å²) >= 11 is 1.04. The second kappa shape index (κ2) is 11.3. The summed E-state index contributed by atoms with van der Waals surface area (Å²) in [6.07, 6.45) is 8.91. The molecule has 37 heavy (non-hydrogen) atoms. The van der Waals surface area contributed by atoms with Crippen molar-refractivity contribution in [3.63, 3.8) is 0 Å². The predicted octanol–water partition coefficient (Wildman–Crippen LogP) is 7.51. The molecule has 4 rings (SSSR count). The third-order valence-corrected chi connectivity index (χ3v) is 6.84. The standard InChI is InChI=1S/C29H29F2N5S/c1-5-8-17(4)34-19(7-3)15-18(6-2)20-9-10-23(32)22(27(20)31)16-26-35-28-21(13-14-33-29(28)36-26)24-11-12-25(30)37-24/h6-7,9-15,34H,3-5,8,16,32H2,1-2H3,(H,33,35,36)/b18-6+,19-15+. The third kappa shape index (κ3) is 5.70. The summed E-state index contributed by atoms with van der Waals surface area (Å²) in [6, 6.07) is 8.31. The molecule has 0 aliphatic rings. The minimum absolute atomic E-state index is 0.140. The highest BCUT2D eigenvalue weighted by Gasteiger charge is 2.18. The number of benzene rings is 1. The van der Waals surface area contributed by atoms with Gasteiger partial charge >= 0.3 is 0 Å². The first-order chi connectivity index (χ1) is 17.8. The Labute approximate surface area is 219 Å². The number of aromatic amines is 1. The molecular weight excluding hydrogens is 488 g/mol. The van der Waals surface area contributed by atoms with Gasteiger partial charge in [0.25, 0.3) is 0 Å². The lowest BCUT2D eigenvalue weighted by molar-refractivity contribution is 0.610. The molecule has 0 aliphatic heterocycles. The molecule has 0 radical (unpaired) electrons. The molecule has 0 unspecified atom stereocenters. The quantitative estimate of drug-likeness (QED) is 0.150. The second-order valence-electron chi connectivity index (χ2n) is 8.54. The van der Waals surface area contributed by atoms with E-state index in [2.05, 4.69) is 40.4 Å². The largest absolute Gasteiger partial charge is 0.398 e. The Morgan fingerprint density at radius 3 is 2.70 bits per heavy atom. The Kier molecular flexibility index (Phi) is 7.98. The maximum atomic E-state index is 15.9. The van der Waals surface area contributed by atoms with Gasteiger partial charge in [-0.25, -0.2) is 14.4 Å². The van der Waals surface area contributed by atoms with E-state index in [1.165, 1.54) is 6.07 Å². The number of hydrogen-bond acceptors (Lipinski definition) is 5. The minimum Gasteiger partial charge on any atom is -0.398 e.